The van der Waals surface area contributed by atoms with Crippen molar-refractivity contribution in [1.29, 1.82) is 0 Å². The smallest absolute Gasteiger partial charge is 0.224 e. The van der Waals surface area contributed by atoms with Crippen molar-refractivity contribution in [2.75, 3.05) is 0 Å². The van der Waals surface area contributed by atoms with Crippen molar-refractivity contribution in [3.63, 3.8) is 0 Å². The van der Waals surface area contributed by atoms with Gasteiger partial charge in [-0.05, 0) is 12.1 Å². The first-order chi connectivity index (χ1) is 10.2. The molecule has 0 aliphatic rings. The van der Waals surface area contributed by atoms with Gasteiger partial charge in [-0.3, -0.25) is 9.89 Å². The van der Waals surface area contributed by atoms with Gasteiger partial charge < -0.3 is 9.52 Å². The molecule has 2 N–H and O–H groups in total. The summed E-state index contributed by atoms with van der Waals surface area (Å²) >= 11 is 0. The van der Waals surface area contributed by atoms with Crippen molar-refractivity contribution >= 4 is 11.5 Å². The van der Waals surface area contributed by atoms with Crippen molar-refractivity contribution < 1.29 is 14.3 Å². The Morgan fingerprint density at radius 2 is 2.00 bits per heavy atom. The van der Waals surface area contributed by atoms with Crippen LogP contribution in [-0.2, 0) is 0 Å². The third-order valence-corrected chi connectivity index (χ3v) is 2.82. The van der Waals surface area contributed by atoms with E-state index in [1.165, 1.54) is 6.33 Å². The zero-order valence-corrected chi connectivity index (χ0v) is 10.9. The topological polar surface area (TPSA) is 92.0 Å². The van der Waals surface area contributed by atoms with E-state index >= 15 is 0 Å². The number of aliphatic hydroxyl groups excluding tert-OH is 1. The van der Waals surface area contributed by atoms with Crippen molar-refractivity contribution in [2.24, 2.45) is 0 Å². The first kappa shape index (κ1) is 12.9. The van der Waals surface area contributed by atoms with Crippen LogP contribution >= 0.6 is 0 Å². The summed E-state index contributed by atoms with van der Waals surface area (Å²) in [6, 6.07) is 12.7. The average Bonchev–Trinajstić information content (AvgIpc) is 3.20. The van der Waals surface area contributed by atoms with Gasteiger partial charge in [0.15, 0.2) is 11.5 Å². The highest BCUT2D eigenvalue weighted by Crippen LogP contribution is 2.22. The second kappa shape index (κ2) is 5.46. The van der Waals surface area contributed by atoms with E-state index in [0.29, 0.717) is 5.76 Å². The van der Waals surface area contributed by atoms with Crippen LogP contribution in [0.1, 0.15) is 16.4 Å². The Morgan fingerprint density at radius 1 is 1.19 bits per heavy atom. The summed E-state index contributed by atoms with van der Waals surface area (Å²) in [6.45, 7) is 0. The van der Waals surface area contributed by atoms with E-state index in [2.05, 4.69) is 15.2 Å². The van der Waals surface area contributed by atoms with Crippen LogP contribution in [0.25, 0.3) is 17.1 Å². The van der Waals surface area contributed by atoms with Gasteiger partial charge in [-0.25, -0.2) is 4.98 Å². The fourth-order valence-corrected chi connectivity index (χ4v) is 1.82. The number of H-pyrrole nitrogens is 1. The van der Waals surface area contributed by atoms with Crippen molar-refractivity contribution in [1.82, 2.24) is 15.2 Å². The van der Waals surface area contributed by atoms with Gasteiger partial charge in [-0.15, -0.1) is 0 Å². The third kappa shape index (κ3) is 2.74. The number of carbonyl (C=O) groups excluding carboxylic acids is 1. The number of carbonyl (C=O) groups is 1. The number of aliphatic hydroxyl groups is 1. The molecule has 2 heterocycles. The molecule has 0 radical (unpaired) electrons. The highest BCUT2D eigenvalue weighted by molar-refractivity contribution is 6.05. The summed E-state index contributed by atoms with van der Waals surface area (Å²) in [4.78, 5) is 15.7. The number of nitrogens with zero attached hydrogens (tertiary/aromatic N) is 2. The highest BCUT2D eigenvalue weighted by Gasteiger charge is 2.13. The van der Waals surface area contributed by atoms with E-state index in [1.807, 2.05) is 30.3 Å². The predicted molar refractivity (Wildman–Crippen MR) is 75.5 cm³/mol. The first-order valence-electron chi connectivity index (χ1n) is 6.20. The molecule has 2 aromatic heterocycles. The molecule has 0 spiro atoms. The second-order valence-corrected chi connectivity index (χ2v) is 4.25. The Bertz CT molecular complexity index is 774. The molecule has 3 aromatic rings. The van der Waals surface area contributed by atoms with E-state index in [4.69, 9.17) is 4.42 Å². The minimum absolute atomic E-state index is 0.0539. The molecule has 21 heavy (non-hydrogen) atoms. The molecule has 0 saturated heterocycles. The Labute approximate surface area is 119 Å². The molecule has 0 amide bonds. The first-order valence-corrected chi connectivity index (χ1v) is 6.20. The van der Waals surface area contributed by atoms with Gasteiger partial charge in [0, 0.05) is 11.6 Å². The Hall–Kier alpha value is -3.15. The zero-order chi connectivity index (χ0) is 14.7. The summed E-state index contributed by atoms with van der Waals surface area (Å²) in [6.07, 6.45) is 2.33. The Morgan fingerprint density at radius 3 is 2.71 bits per heavy atom. The fourth-order valence-electron chi connectivity index (χ4n) is 1.82. The number of hydrogen-bond donors (Lipinski definition) is 2. The number of hydrogen-bond acceptors (Lipinski definition) is 5. The molecule has 0 bridgehead atoms. The lowest BCUT2D eigenvalue weighted by Gasteiger charge is -1.96. The van der Waals surface area contributed by atoms with Crippen LogP contribution in [0.2, 0.25) is 0 Å². The van der Waals surface area contributed by atoms with Crippen LogP contribution < -0.4 is 0 Å². The average molecular weight is 281 g/mol. The fraction of sp³-hybridized carbons (Fsp3) is 0. The molecule has 104 valence electrons. The van der Waals surface area contributed by atoms with Crippen LogP contribution in [0, 0.1) is 0 Å². The molecular formula is C15H11N3O3. The van der Waals surface area contributed by atoms with Gasteiger partial charge in [0.1, 0.15) is 12.1 Å². The monoisotopic (exact) mass is 281 g/mol. The second-order valence-electron chi connectivity index (χ2n) is 4.25. The van der Waals surface area contributed by atoms with Crippen molar-refractivity contribution in [2.45, 2.75) is 0 Å². The maximum atomic E-state index is 12.0. The van der Waals surface area contributed by atoms with Gasteiger partial charge in [0.25, 0.3) is 0 Å². The number of benzene rings is 1. The predicted octanol–water partition coefficient (Wildman–Crippen LogP) is 2.85. The summed E-state index contributed by atoms with van der Waals surface area (Å²) < 4.78 is 5.50. The zero-order valence-electron chi connectivity index (χ0n) is 10.9. The number of allylic oxidation sites excluding steroid dienone is 1. The maximum absolute atomic E-state index is 12.0. The molecular weight excluding hydrogens is 270 g/mol. The summed E-state index contributed by atoms with van der Waals surface area (Å²) in [5.74, 6) is -0.00254. The maximum Gasteiger partial charge on any atom is 0.224 e. The SMILES string of the molecule is O=C(C=C(O)c1nc[nH]n1)c1ccc(-c2ccccc2)o1. The standard InChI is InChI=1S/C15H11N3O3/c19-11(8-12(20)15-16-9-17-18-15)14-7-6-13(21-14)10-4-2-1-3-5-10/h1-9,20H,(H,16,17,18). The molecule has 0 saturated carbocycles. The molecule has 0 atom stereocenters. The lowest BCUT2D eigenvalue weighted by molar-refractivity contribution is 0.102. The normalized spacial score (nSPS) is 11.5. The number of nitrogens with one attached hydrogen (secondary N) is 1. The number of furan rings is 1. The lowest BCUT2D eigenvalue weighted by atomic mass is 10.2. The minimum Gasteiger partial charge on any atom is -0.504 e. The summed E-state index contributed by atoms with van der Waals surface area (Å²) in [5, 5.41) is 15.8. The van der Waals surface area contributed by atoms with Gasteiger partial charge in [0.2, 0.25) is 11.6 Å². The van der Waals surface area contributed by atoms with Crippen LogP contribution in [0.5, 0.6) is 0 Å². The van der Waals surface area contributed by atoms with Gasteiger partial charge in [-0.2, -0.15) is 5.10 Å². The molecule has 0 aliphatic heterocycles. The Balaban J connectivity index is 1.84. The third-order valence-electron chi connectivity index (χ3n) is 2.82. The van der Waals surface area contributed by atoms with Gasteiger partial charge in [-0.1, -0.05) is 30.3 Å². The van der Waals surface area contributed by atoms with Gasteiger partial charge in [0.05, 0.1) is 0 Å². The molecule has 1 aromatic carbocycles. The number of aromatic amines is 1. The molecule has 3 rings (SSSR count). The van der Waals surface area contributed by atoms with Crippen LogP contribution in [0.3, 0.4) is 0 Å². The summed E-state index contributed by atoms with van der Waals surface area (Å²) in [5.41, 5.74) is 0.874. The van der Waals surface area contributed by atoms with Crippen LogP contribution in [0.4, 0.5) is 0 Å². The molecule has 0 fully saturated rings. The highest BCUT2D eigenvalue weighted by atomic mass is 16.3. The quantitative estimate of drug-likeness (QED) is 0.436. The minimum atomic E-state index is -0.459. The molecule has 6 nitrogen and oxygen atoms in total. The molecule has 0 aliphatic carbocycles. The van der Waals surface area contributed by atoms with E-state index < -0.39 is 5.78 Å². The summed E-state index contributed by atoms with van der Waals surface area (Å²) in [7, 11) is 0. The van der Waals surface area contributed by atoms with E-state index in [9.17, 15) is 9.90 Å². The molecule has 0 unspecified atom stereocenters. The van der Waals surface area contributed by atoms with E-state index in [-0.39, 0.29) is 17.3 Å². The number of aromatic nitrogens is 3. The largest absolute Gasteiger partial charge is 0.504 e. The van der Waals surface area contributed by atoms with Crippen LogP contribution in [0.15, 0.2) is 59.3 Å². The number of ketones is 1. The van der Waals surface area contributed by atoms with Gasteiger partial charge >= 0.3 is 0 Å². The number of rotatable bonds is 4. The Kier molecular flexibility index (Phi) is 3.34. The van der Waals surface area contributed by atoms with Crippen molar-refractivity contribution in [3.05, 3.63) is 66.5 Å². The van der Waals surface area contributed by atoms with Crippen LogP contribution in [-0.4, -0.2) is 26.1 Å². The van der Waals surface area contributed by atoms with Crippen molar-refractivity contribution in [3.8, 4) is 11.3 Å². The van der Waals surface area contributed by atoms with E-state index in [1.54, 1.807) is 12.1 Å². The molecule has 6 heteroatoms. The van der Waals surface area contributed by atoms with E-state index in [0.717, 1.165) is 11.6 Å². The lowest BCUT2D eigenvalue weighted by Crippen LogP contribution is -1.95.